The van der Waals surface area contributed by atoms with Crippen molar-refractivity contribution in [3.63, 3.8) is 0 Å². The smallest absolute Gasteiger partial charge is 0.123 e. The molecule has 1 aromatic rings. The molecule has 0 unspecified atom stereocenters. The second-order valence-electron chi connectivity index (χ2n) is 5.18. The minimum Gasteiger partial charge on any atom is -0.329 e. The molecule has 1 aromatic carbocycles. The van der Waals surface area contributed by atoms with E-state index in [4.69, 9.17) is 5.73 Å². The fourth-order valence-corrected chi connectivity index (χ4v) is 2.87. The van der Waals surface area contributed by atoms with Gasteiger partial charge in [0.25, 0.3) is 0 Å². The molecule has 0 atom stereocenters. The van der Waals surface area contributed by atoms with Crippen molar-refractivity contribution in [1.82, 2.24) is 4.90 Å². The van der Waals surface area contributed by atoms with Crippen LogP contribution in [0.2, 0.25) is 0 Å². The van der Waals surface area contributed by atoms with Crippen LogP contribution in [-0.2, 0) is 6.54 Å². The van der Waals surface area contributed by atoms with E-state index in [0.29, 0.717) is 12.6 Å². The first kappa shape index (κ1) is 13.5. The maximum Gasteiger partial charge on any atom is 0.123 e. The molecule has 0 heterocycles. The van der Waals surface area contributed by atoms with Crippen LogP contribution in [0.5, 0.6) is 0 Å². The fourth-order valence-electron chi connectivity index (χ4n) is 2.87. The Morgan fingerprint density at radius 2 is 2.00 bits per heavy atom. The topological polar surface area (TPSA) is 29.3 Å². The van der Waals surface area contributed by atoms with E-state index >= 15 is 0 Å². The van der Waals surface area contributed by atoms with E-state index in [0.717, 1.165) is 18.7 Å². The Bertz CT molecular complexity index is 361. The van der Waals surface area contributed by atoms with Crippen molar-refractivity contribution < 1.29 is 4.39 Å². The van der Waals surface area contributed by atoms with Gasteiger partial charge in [0.2, 0.25) is 0 Å². The summed E-state index contributed by atoms with van der Waals surface area (Å²) >= 11 is 0. The van der Waals surface area contributed by atoms with Gasteiger partial charge in [0.05, 0.1) is 0 Å². The molecule has 3 heteroatoms. The van der Waals surface area contributed by atoms with Gasteiger partial charge in [-0.15, -0.1) is 0 Å². The van der Waals surface area contributed by atoms with E-state index in [2.05, 4.69) is 4.90 Å². The Hall–Kier alpha value is -0.930. The molecule has 0 spiro atoms. The Morgan fingerprint density at radius 3 is 2.67 bits per heavy atom. The van der Waals surface area contributed by atoms with Crippen LogP contribution in [0, 0.1) is 5.82 Å². The first-order valence-electron chi connectivity index (χ1n) is 6.98. The average molecular weight is 250 g/mol. The van der Waals surface area contributed by atoms with Gasteiger partial charge in [-0.2, -0.15) is 0 Å². The van der Waals surface area contributed by atoms with E-state index in [1.165, 1.54) is 38.2 Å². The third-order valence-electron chi connectivity index (χ3n) is 3.78. The monoisotopic (exact) mass is 250 g/mol. The second kappa shape index (κ2) is 6.86. The molecule has 1 aliphatic carbocycles. The zero-order chi connectivity index (χ0) is 12.8. The summed E-state index contributed by atoms with van der Waals surface area (Å²) < 4.78 is 13.2. The number of hydrogen-bond donors (Lipinski definition) is 1. The van der Waals surface area contributed by atoms with E-state index < -0.39 is 0 Å². The zero-order valence-corrected chi connectivity index (χ0v) is 10.9. The third kappa shape index (κ3) is 3.79. The van der Waals surface area contributed by atoms with Gasteiger partial charge in [0.1, 0.15) is 5.82 Å². The third-order valence-corrected chi connectivity index (χ3v) is 3.78. The summed E-state index contributed by atoms with van der Waals surface area (Å²) in [5.74, 6) is -0.149. The van der Waals surface area contributed by atoms with E-state index in [1.54, 1.807) is 12.1 Å². The van der Waals surface area contributed by atoms with Crippen molar-refractivity contribution in [1.29, 1.82) is 0 Å². The quantitative estimate of drug-likeness (QED) is 0.870. The Balaban J connectivity index is 2.00. The molecule has 0 radical (unpaired) electrons. The molecular formula is C15H23FN2. The SMILES string of the molecule is NCCN(Cc1cccc(F)c1)C1CCCCC1. The first-order chi connectivity index (χ1) is 8.79. The van der Waals surface area contributed by atoms with Crippen molar-refractivity contribution in [2.24, 2.45) is 5.73 Å². The molecule has 1 aliphatic rings. The molecule has 2 nitrogen and oxygen atoms in total. The fraction of sp³-hybridized carbons (Fsp3) is 0.600. The summed E-state index contributed by atoms with van der Waals surface area (Å²) in [6.07, 6.45) is 6.50. The highest BCUT2D eigenvalue weighted by atomic mass is 19.1. The minimum atomic E-state index is -0.149. The number of benzene rings is 1. The van der Waals surface area contributed by atoms with Gasteiger partial charge in [-0.3, -0.25) is 4.90 Å². The van der Waals surface area contributed by atoms with Crippen molar-refractivity contribution in [2.75, 3.05) is 13.1 Å². The lowest BCUT2D eigenvalue weighted by Gasteiger charge is -2.34. The molecule has 0 bridgehead atoms. The molecule has 0 aliphatic heterocycles. The number of nitrogens with zero attached hydrogens (tertiary/aromatic N) is 1. The number of nitrogens with two attached hydrogens (primary N) is 1. The van der Waals surface area contributed by atoms with E-state index in [1.807, 2.05) is 6.07 Å². The van der Waals surface area contributed by atoms with Crippen LogP contribution in [-0.4, -0.2) is 24.0 Å². The van der Waals surface area contributed by atoms with Crippen molar-refractivity contribution in [2.45, 2.75) is 44.7 Å². The predicted molar refractivity (Wildman–Crippen MR) is 72.7 cm³/mol. The van der Waals surface area contributed by atoms with Gasteiger partial charge >= 0.3 is 0 Å². The molecule has 0 amide bonds. The number of hydrogen-bond acceptors (Lipinski definition) is 2. The van der Waals surface area contributed by atoms with Crippen LogP contribution in [0.1, 0.15) is 37.7 Å². The van der Waals surface area contributed by atoms with E-state index in [-0.39, 0.29) is 5.82 Å². The summed E-state index contributed by atoms with van der Waals surface area (Å²) in [5, 5.41) is 0. The van der Waals surface area contributed by atoms with Crippen LogP contribution in [0.4, 0.5) is 4.39 Å². The highest BCUT2D eigenvalue weighted by Gasteiger charge is 2.20. The van der Waals surface area contributed by atoms with Crippen molar-refractivity contribution in [3.8, 4) is 0 Å². The van der Waals surface area contributed by atoms with Crippen LogP contribution < -0.4 is 5.73 Å². The zero-order valence-electron chi connectivity index (χ0n) is 10.9. The van der Waals surface area contributed by atoms with E-state index in [9.17, 15) is 4.39 Å². The molecule has 1 fully saturated rings. The minimum absolute atomic E-state index is 0.149. The number of rotatable bonds is 5. The van der Waals surface area contributed by atoms with Crippen LogP contribution >= 0.6 is 0 Å². The summed E-state index contributed by atoms with van der Waals surface area (Å²) in [4.78, 5) is 2.42. The van der Waals surface area contributed by atoms with Gasteiger partial charge in [-0.25, -0.2) is 4.39 Å². The highest BCUT2D eigenvalue weighted by molar-refractivity contribution is 5.16. The Labute approximate surface area is 109 Å². The molecule has 18 heavy (non-hydrogen) atoms. The van der Waals surface area contributed by atoms with Crippen LogP contribution in [0.25, 0.3) is 0 Å². The summed E-state index contributed by atoms with van der Waals surface area (Å²) in [5.41, 5.74) is 6.75. The highest BCUT2D eigenvalue weighted by Crippen LogP contribution is 2.23. The van der Waals surface area contributed by atoms with Crippen molar-refractivity contribution >= 4 is 0 Å². The molecule has 2 rings (SSSR count). The van der Waals surface area contributed by atoms with Crippen LogP contribution in [0.3, 0.4) is 0 Å². The van der Waals surface area contributed by atoms with Crippen LogP contribution in [0.15, 0.2) is 24.3 Å². The summed E-state index contributed by atoms with van der Waals surface area (Å²) in [7, 11) is 0. The first-order valence-corrected chi connectivity index (χ1v) is 6.98. The lowest BCUT2D eigenvalue weighted by Crippen LogP contribution is -2.39. The Kier molecular flexibility index (Phi) is 5.14. The molecule has 100 valence electrons. The maximum absolute atomic E-state index is 13.2. The molecule has 2 N–H and O–H groups in total. The lowest BCUT2D eigenvalue weighted by atomic mass is 9.94. The molecular weight excluding hydrogens is 227 g/mol. The predicted octanol–water partition coefficient (Wildman–Crippen LogP) is 2.92. The van der Waals surface area contributed by atoms with Gasteiger partial charge in [-0.1, -0.05) is 31.4 Å². The molecule has 0 saturated heterocycles. The summed E-state index contributed by atoms with van der Waals surface area (Å²) in [6.45, 7) is 2.40. The largest absolute Gasteiger partial charge is 0.329 e. The summed E-state index contributed by atoms with van der Waals surface area (Å²) in [6, 6.07) is 7.54. The van der Waals surface area contributed by atoms with Gasteiger partial charge in [0.15, 0.2) is 0 Å². The molecule has 1 saturated carbocycles. The van der Waals surface area contributed by atoms with Gasteiger partial charge < -0.3 is 5.73 Å². The average Bonchev–Trinajstić information content (AvgIpc) is 2.39. The number of halogens is 1. The van der Waals surface area contributed by atoms with Gasteiger partial charge in [0, 0.05) is 25.7 Å². The van der Waals surface area contributed by atoms with Crippen molar-refractivity contribution in [3.05, 3.63) is 35.6 Å². The standard InChI is InChI=1S/C15H23FN2/c16-14-6-4-5-13(11-14)12-18(10-9-17)15-7-2-1-3-8-15/h4-6,11,15H,1-3,7-10,12,17H2. The molecule has 0 aromatic heterocycles. The second-order valence-corrected chi connectivity index (χ2v) is 5.18. The Morgan fingerprint density at radius 1 is 1.22 bits per heavy atom. The van der Waals surface area contributed by atoms with Gasteiger partial charge in [-0.05, 0) is 30.5 Å². The normalized spacial score (nSPS) is 17.3. The lowest BCUT2D eigenvalue weighted by molar-refractivity contribution is 0.152. The maximum atomic E-state index is 13.2.